The zero-order valence-corrected chi connectivity index (χ0v) is 10.5. The van der Waals surface area contributed by atoms with Crippen molar-refractivity contribution in [3.63, 3.8) is 0 Å². The fourth-order valence-corrected chi connectivity index (χ4v) is 4.32. The highest BCUT2D eigenvalue weighted by molar-refractivity contribution is 5.91. The summed E-state index contributed by atoms with van der Waals surface area (Å²) in [5.74, 6) is 1.37. The van der Waals surface area contributed by atoms with Crippen LogP contribution in [-0.4, -0.2) is 5.11 Å². The second-order valence-corrected chi connectivity index (χ2v) is 6.11. The van der Waals surface area contributed by atoms with E-state index in [1.165, 1.54) is 43.1 Å². The molecule has 0 atom stereocenters. The average Bonchev–Trinajstić information content (AvgIpc) is 3.01. The molecule has 92 valence electrons. The average molecular weight is 238 g/mol. The van der Waals surface area contributed by atoms with Gasteiger partial charge in [0.1, 0.15) is 5.75 Å². The third kappa shape index (κ3) is 1.28. The smallest absolute Gasteiger partial charge is 0.123 e. The molecule has 1 N–H and O–H groups in total. The van der Waals surface area contributed by atoms with E-state index >= 15 is 0 Å². The van der Waals surface area contributed by atoms with Gasteiger partial charge in [0.05, 0.1) is 0 Å². The Labute approximate surface area is 107 Å². The second-order valence-electron chi connectivity index (χ2n) is 6.11. The van der Waals surface area contributed by atoms with Gasteiger partial charge in [-0.2, -0.15) is 0 Å². The first-order valence-corrected chi connectivity index (χ1v) is 7.00. The normalized spacial score (nSPS) is 30.1. The van der Waals surface area contributed by atoms with Crippen LogP contribution in [-0.2, 0) is 5.41 Å². The molecule has 0 aromatic heterocycles. The van der Waals surface area contributed by atoms with Gasteiger partial charge in [0.15, 0.2) is 0 Å². The Morgan fingerprint density at radius 1 is 0.944 bits per heavy atom. The first-order valence-electron chi connectivity index (χ1n) is 7.00. The van der Waals surface area contributed by atoms with Gasteiger partial charge in [-0.3, -0.25) is 0 Å². The zero-order chi connectivity index (χ0) is 12.2. The van der Waals surface area contributed by atoms with Crippen molar-refractivity contribution in [2.24, 2.45) is 5.92 Å². The number of fused-ring (bicyclic) bond motifs is 3. The second kappa shape index (κ2) is 3.50. The highest BCUT2D eigenvalue weighted by atomic mass is 16.3. The van der Waals surface area contributed by atoms with Crippen LogP contribution in [0.5, 0.6) is 5.75 Å². The first kappa shape index (κ1) is 10.4. The predicted octanol–water partition coefficient (Wildman–Crippen LogP) is 4.38. The van der Waals surface area contributed by atoms with E-state index in [1.54, 1.807) is 0 Å². The SMILES string of the molecule is Oc1ccc(C23CCC(CC2)C3)c2ccccc12. The van der Waals surface area contributed by atoms with Crippen LogP contribution in [0.25, 0.3) is 10.8 Å². The molecule has 2 aromatic rings. The van der Waals surface area contributed by atoms with Crippen molar-refractivity contribution in [2.45, 2.75) is 37.5 Å². The van der Waals surface area contributed by atoms with Crippen LogP contribution in [0.1, 0.15) is 37.7 Å². The summed E-state index contributed by atoms with van der Waals surface area (Å²) in [6.45, 7) is 0. The van der Waals surface area contributed by atoms with Gasteiger partial charge in [0.2, 0.25) is 0 Å². The Kier molecular flexibility index (Phi) is 2.03. The molecule has 2 aliphatic rings. The summed E-state index contributed by atoms with van der Waals surface area (Å²) in [5, 5.41) is 12.3. The molecule has 2 aliphatic carbocycles. The van der Waals surface area contributed by atoms with Crippen LogP contribution in [0.15, 0.2) is 36.4 Å². The highest BCUT2D eigenvalue weighted by Crippen LogP contribution is 2.56. The largest absolute Gasteiger partial charge is 0.507 e. The van der Waals surface area contributed by atoms with Crippen LogP contribution in [0.2, 0.25) is 0 Å². The lowest BCUT2D eigenvalue weighted by atomic mass is 9.76. The van der Waals surface area contributed by atoms with E-state index in [2.05, 4.69) is 18.2 Å². The maximum absolute atomic E-state index is 10.0. The van der Waals surface area contributed by atoms with Crippen molar-refractivity contribution >= 4 is 10.8 Å². The number of aromatic hydroxyl groups is 1. The van der Waals surface area contributed by atoms with Gasteiger partial charge in [-0.1, -0.05) is 30.3 Å². The Balaban J connectivity index is 1.98. The lowest BCUT2D eigenvalue weighted by Gasteiger charge is -2.28. The summed E-state index contributed by atoms with van der Waals surface area (Å²) in [6.07, 6.45) is 6.84. The van der Waals surface area contributed by atoms with E-state index in [0.29, 0.717) is 11.2 Å². The van der Waals surface area contributed by atoms with Crippen molar-refractivity contribution in [1.82, 2.24) is 0 Å². The Hall–Kier alpha value is -1.50. The van der Waals surface area contributed by atoms with E-state index in [9.17, 15) is 5.11 Å². The molecule has 0 spiro atoms. The molecule has 0 heterocycles. The van der Waals surface area contributed by atoms with E-state index in [0.717, 1.165) is 11.3 Å². The van der Waals surface area contributed by atoms with Crippen LogP contribution in [0, 0.1) is 5.92 Å². The minimum Gasteiger partial charge on any atom is -0.507 e. The fraction of sp³-hybridized carbons (Fsp3) is 0.412. The maximum Gasteiger partial charge on any atom is 0.123 e. The molecule has 1 nitrogen and oxygen atoms in total. The molecule has 0 saturated heterocycles. The van der Waals surface area contributed by atoms with Gasteiger partial charge in [-0.25, -0.2) is 0 Å². The summed E-state index contributed by atoms with van der Waals surface area (Å²) < 4.78 is 0. The number of phenolic OH excluding ortho intramolecular Hbond substituents is 1. The van der Waals surface area contributed by atoms with E-state index < -0.39 is 0 Å². The van der Waals surface area contributed by atoms with Crippen molar-refractivity contribution in [2.75, 3.05) is 0 Å². The molecule has 4 rings (SSSR count). The molecular formula is C17H18O. The zero-order valence-electron chi connectivity index (χ0n) is 10.5. The van der Waals surface area contributed by atoms with Crippen molar-refractivity contribution < 1.29 is 5.11 Å². The summed E-state index contributed by atoms with van der Waals surface area (Å²) in [6, 6.07) is 12.4. The van der Waals surface area contributed by atoms with E-state index in [4.69, 9.17) is 0 Å². The third-order valence-corrected chi connectivity index (χ3v) is 5.21. The van der Waals surface area contributed by atoms with Gasteiger partial charge >= 0.3 is 0 Å². The summed E-state index contributed by atoms with van der Waals surface area (Å²) in [5.41, 5.74) is 1.90. The van der Waals surface area contributed by atoms with Gasteiger partial charge in [-0.05, 0) is 60.5 Å². The van der Waals surface area contributed by atoms with Gasteiger partial charge in [0.25, 0.3) is 0 Å². The van der Waals surface area contributed by atoms with Gasteiger partial charge < -0.3 is 5.11 Å². The lowest BCUT2D eigenvalue weighted by molar-refractivity contribution is 0.421. The molecule has 2 fully saturated rings. The summed E-state index contributed by atoms with van der Waals surface area (Å²) in [4.78, 5) is 0. The first-order chi connectivity index (χ1) is 8.78. The number of hydrogen-bond donors (Lipinski definition) is 1. The minimum atomic E-state index is 0.415. The van der Waals surface area contributed by atoms with Crippen LogP contribution < -0.4 is 0 Å². The monoisotopic (exact) mass is 238 g/mol. The molecule has 0 radical (unpaired) electrons. The molecule has 0 amide bonds. The molecular weight excluding hydrogens is 220 g/mol. The Morgan fingerprint density at radius 3 is 2.33 bits per heavy atom. The van der Waals surface area contributed by atoms with Crippen molar-refractivity contribution in [3.05, 3.63) is 42.0 Å². The number of rotatable bonds is 1. The molecule has 2 saturated carbocycles. The van der Waals surface area contributed by atoms with E-state index in [1.807, 2.05) is 18.2 Å². The van der Waals surface area contributed by atoms with Crippen molar-refractivity contribution in [3.8, 4) is 5.75 Å². The van der Waals surface area contributed by atoms with Gasteiger partial charge in [0, 0.05) is 5.39 Å². The number of phenols is 1. The molecule has 18 heavy (non-hydrogen) atoms. The number of hydrogen-bond acceptors (Lipinski definition) is 1. The van der Waals surface area contributed by atoms with Gasteiger partial charge in [-0.15, -0.1) is 0 Å². The molecule has 0 unspecified atom stereocenters. The minimum absolute atomic E-state index is 0.415. The topological polar surface area (TPSA) is 20.2 Å². The highest BCUT2D eigenvalue weighted by Gasteiger charge is 2.46. The molecule has 2 aromatic carbocycles. The van der Waals surface area contributed by atoms with Crippen LogP contribution in [0.3, 0.4) is 0 Å². The lowest BCUT2D eigenvalue weighted by Crippen LogP contribution is -2.19. The quantitative estimate of drug-likeness (QED) is 0.781. The standard InChI is InChI=1S/C17H18O/c18-16-6-5-15(13-3-1-2-4-14(13)16)17-9-7-12(11-17)8-10-17/h1-6,12,18H,7-11H2. The Bertz CT molecular complexity index is 606. The molecule has 2 bridgehead atoms. The van der Waals surface area contributed by atoms with Crippen LogP contribution in [0.4, 0.5) is 0 Å². The molecule has 1 heteroatoms. The van der Waals surface area contributed by atoms with Crippen LogP contribution >= 0.6 is 0 Å². The maximum atomic E-state index is 10.0. The molecule has 0 aliphatic heterocycles. The third-order valence-electron chi connectivity index (χ3n) is 5.21. The predicted molar refractivity (Wildman–Crippen MR) is 73.9 cm³/mol. The summed E-state index contributed by atoms with van der Waals surface area (Å²) >= 11 is 0. The fourth-order valence-electron chi connectivity index (χ4n) is 4.32. The summed E-state index contributed by atoms with van der Waals surface area (Å²) in [7, 11) is 0. The number of benzene rings is 2. The van der Waals surface area contributed by atoms with E-state index in [-0.39, 0.29) is 0 Å². The van der Waals surface area contributed by atoms with Crippen molar-refractivity contribution in [1.29, 1.82) is 0 Å². The Morgan fingerprint density at radius 2 is 1.67 bits per heavy atom.